The topological polar surface area (TPSA) is 70.8 Å². The van der Waals surface area contributed by atoms with Crippen molar-refractivity contribution in [1.29, 1.82) is 5.26 Å². The lowest BCUT2D eigenvalue weighted by atomic mass is 10.3. The smallest absolute Gasteiger partial charge is 0.189 e. The number of thioether (sulfide) groups is 1. The van der Waals surface area contributed by atoms with Gasteiger partial charge in [-0.05, 0) is 18.4 Å². The second-order valence-electron chi connectivity index (χ2n) is 3.82. The molecule has 0 aliphatic rings. The van der Waals surface area contributed by atoms with Crippen LogP contribution in [0.1, 0.15) is 5.56 Å². The van der Waals surface area contributed by atoms with Gasteiger partial charge in [-0.3, -0.25) is 0 Å². The van der Waals surface area contributed by atoms with Gasteiger partial charge >= 0.3 is 0 Å². The van der Waals surface area contributed by atoms with Gasteiger partial charge in [0.2, 0.25) is 0 Å². The SMILES string of the molecule is CSc1ncc(C#N)c(NCCOc2ccccc2)n1. The number of nitriles is 1. The van der Waals surface area contributed by atoms with Gasteiger partial charge in [0.1, 0.15) is 29.8 Å². The van der Waals surface area contributed by atoms with Crippen molar-refractivity contribution in [3.8, 4) is 11.8 Å². The Hall–Kier alpha value is -2.26. The number of ether oxygens (including phenoxy) is 1. The summed E-state index contributed by atoms with van der Waals surface area (Å²) in [7, 11) is 0. The predicted molar refractivity (Wildman–Crippen MR) is 79.0 cm³/mol. The number of para-hydroxylation sites is 1. The first-order chi connectivity index (χ1) is 9.83. The third-order valence-corrected chi connectivity index (χ3v) is 3.04. The zero-order chi connectivity index (χ0) is 14.2. The number of hydrogen-bond acceptors (Lipinski definition) is 6. The molecule has 1 heterocycles. The van der Waals surface area contributed by atoms with Crippen LogP contribution >= 0.6 is 11.8 Å². The molecular weight excluding hydrogens is 272 g/mol. The molecule has 0 amide bonds. The Morgan fingerprint density at radius 2 is 2.15 bits per heavy atom. The van der Waals surface area contributed by atoms with Gasteiger partial charge in [0.25, 0.3) is 0 Å². The average Bonchev–Trinajstić information content (AvgIpc) is 2.52. The Kier molecular flexibility index (Phi) is 5.21. The fourth-order valence-electron chi connectivity index (χ4n) is 1.54. The maximum absolute atomic E-state index is 9.01. The summed E-state index contributed by atoms with van der Waals surface area (Å²) in [5, 5.41) is 12.7. The normalized spacial score (nSPS) is 9.80. The number of anilines is 1. The van der Waals surface area contributed by atoms with Crippen molar-refractivity contribution in [2.45, 2.75) is 5.16 Å². The number of rotatable bonds is 6. The van der Waals surface area contributed by atoms with Gasteiger partial charge in [0.05, 0.1) is 12.7 Å². The Bertz CT molecular complexity index is 598. The number of nitrogens with one attached hydrogen (secondary N) is 1. The van der Waals surface area contributed by atoms with E-state index in [-0.39, 0.29) is 0 Å². The Labute approximate surface area is 122 Å². The fraction of sp³-hybridized carbons (Fsp3) is 0.214. The summed E-state index contributed by atoms with van der Waals surface area (Å²) in [4.78, 5) is 8.33. The number of benzene rings is 1. The van der Waals surface area contributed by atoms with Gasteiger partial charge in [-0.1, -0.05) is 30.0 Å². The Morgan fingerprint density at radius 1 is 1.35 bits per heavy atom. The summed E-state index contributed by atoms with van der Waals surface area (Å²) >= 11 is 1.44. The minimum atomic E-state index is 0.433. The first-order valence-corrected chi connectivity index (χ1v) is 7.29. The van der Waals surface area contributed by atoms with Gasteiger partial charge in [-0.15, -0.1) is 0 Å². The molecule has 0 bridgehead atoms. The monoisotopic (exact) mass is 286 g/mol. The molecule has 0 saturated heterocycles. The van der Waals surface area contributed by atoms with Crippen LogP contribution in [0.25, 0.3) is 0 Å². The summed E-state index contributed by atoms with van der Waals surface area (Å²) in [6.07, 6.45) is 3.42. The largest absolute Gasteiger partial charge is 0.492 e. The first kappa shape index (κ1) is 14.2. The Morgan fingerprint density at radius 3 is 2.85 bits per heavy atom. The van der Waals surface area contributed by atoms with Crippen LogP contribution in [0, 0.1) is 11.3 Å². The molecule has 0 radical (unpaired) electrons. The highest BCUT2D eigenvalue weighted by atomic mass is 32.2. The summed E-state index contributed by atoms with van der Waals surface area (Å²) in [6.45, 7) is 1.06. The van der Waals surface area contributed by atoms with Gasteiger partial charge in [0, 0.05) is 0 Å². The van der Waals surface area contributed by atoms with E-state index in [2.05, 4.69) is 21.4 Å². The van der Waals surface area contributed by atoms with Gasteiger partial charge in [-0.25, -0.2) is 9.97 Å². The van der Waals surface area contributed by atoms with Crippen molar-refractivity contribution >= 4 is 17.6 Å². The van der Waals surface area contributed by atoms with Crippen molar-refractivity contribution < 1.29 is 4.74 Å². The summed E-state index contributed by atoms with van der Waals surface area (Å²) in [5.41, 5.74) is 0.433. The fourth-order valence-corrected chi connectivity index (χ4v) is 1.88. The van der Waals surface area contributed by atoms with Crippen LogP contribution in [0.2, 0.25) is 0 Å². The van der Waals surface area contributed by atoms with E-state index in [1.54, 1.807) is 0 Å². The summed E-state index contributed by atoms with van der Waals surface area (Å²) < 4.78 is 5.56. The van der Waals surface area contributed by atoms with E-state index in [1.807, 2.05) is 36.6 Å². The Balaban J connectivity index is 1.89. The summed E-state index contributed by atoms with van der Waals surface area (Å²) in [5.74, 6) is 1.37. The molecule has 20 heavy (non-hydrogen) atoms. The molecule has 102 valence electrons. The molecule has 2 aromatic rings. The minimum absolute atomic E-state index is 0.433. The van der Waals surface area contributed by atoms with Crippen molar-refractivity contribution in [3.63, 3.8) is 0 Å². The molecule has 0 unspecified atom stereocenters. The molecule has 0 saturated carbocycles. The van der Waals surface area contributed by atoms with Crippen LogP contribution in [0.15, 0.2) is 41.7 Å². The highest BCUT2D eigenvalue weighted by Gasteiger charge is 2.05. The van der Waals surface area contributed by atoms with Crippen LogP contribution in [0.5, 0.6) is 5.75 Å². The van der Waals surface area contributed by atoms with Gasteiger partial charge in [0.15, 0.2) is 5.16 Å². The molecule has 1 aromatic heterocycles. The van der Waals surface area contributed by atoms with E-state index in [4.69, 9.17) is 10.00 Å². The number of aromatic nitrogens is 2. The molecule has 0 aliphatic heterocycles. The molecule has 1 aromatic carbocycles. The molecule has 6 heteroatoms. The molecule has 0 aliphatic carbocycles. The van der Waals surface area contributed by atoms with E-state index >= 15 is 0 Å². The highest BCUT2D eigenvalue weighted by Crippen LogP contribution is 2.15. The molecular formula is C14H14N4OS. The van der Waals surface area contributed by atoms with Gasteiger partial charge in [-0.2, -0.15) is 5.26 Å². The lowest BCUT2D eigenvalue weighted by Gasteiger charge is -2.09. The van der Waals surface area contributed by atoms with Crippen LogP contribution in [0.3, 0.4) is 0 Å². The quantitative estimate of drug-likeness (QED) is 0.500. The van der Waals surface area contributed by atoms with Crippen LogP contribution < -0.4 is 10.1 Å². The van der Waals surface area contributed by atoms with Crippen molar-refractivity contribution in [2.24, 2.45) is 0 Å². The molecule has 0 fully saturated rings. The second kappa shape index (κ2) is 7.36. The number of nitrogens with zero attached hydrogens (tertiary/aromatic N) is 3. The maximum atomic E-state index is 9.01. The zero-order valence-corrected chi connectivity index (χ0v) is 11.9. The predicted octanol–water partition coefficient (Wildman–Crippen LogP) is 2.56. The van der Waals surface area contributed by atoms with Gasteiger partial charge < -0.3 is 10.1 Å². The van der Waals surface area contributed by atoms with Crippen LogP contribution in [-0.2, 0) is 0 Å². The van der Waals surface area contributed by atoms with Crippen molar-refractivity contribution in [1.82, 2.24) is 9.97 Å². The molecule has 1 N–H and O–H groups in total. The summed E-state index contributed by atoms with van der Waals surface area (Å²) in [6, 6.07) is 11.7. The highest BCUT2D eigenvalue weighted by molar-refractivity contribution is 7.98. The van der Waals surface area contributed by atoms with Crippen LogP contribution in [0.4, 0.5) is 5.82 Å². The van der Waals surface area contributed by atoms with Crippen molar-refractivity contribution in [2.75, 3.05) is 24.7 Å². The molecule has 2 rings (SSSR count). The van der Waals surface area contributed by atoms with Crippen LogP contribution in [-0.4, -0.2) is 29.4 Å². The standard InChI is InChI=1S/C14H14N4OS/c1-20-14-17-10-11(9-15)13(18-14)16-7-8-19-12-5-3-2-4-6-12/h2-6,10H,7-8H2,1H3,(H,16,17,18). The number of hydrogen-bond donors (Lipinski definition) is 1. The van der Waals surface area contributed by atoms with Crippen molar-refractivity contribution in [3.05, 3.63) is 42.1 Å². The lowest BCUT2D eigenvalue weighted by Crippen LogP contribution is -2.13. The maximum Gasteiger partial charge on any atom is 0.189 e. The third-order valence-electron chi connectivity index (χ3n) is 2.48. The molecule has 0 atom stereocenters. The first-order valence-electron chi connectivity index (χ1n) is 6.06. The lowest BCUT2D eigenvalue weighted by molar-refractivity contribution is 0.332. The van der Waals surface area contributed by atoms with E-state index in [1.165, 1.54) is 18.0 Å². The second-order valence-corrected chi connectivity index (χ2v) is 4.59. The van der Waals surface area contributed by atoms with E-state index < -0.39 is 0 Å². The zero-order valence-electron chi connectivity index (χ0n) is 11.0. The average molecular weight is 286 g/mol. The molecule has 5 nitrogen and oxygen atoms in total. The van der Waals surface area contributed by atoms with E-state index in [0.29, 0.717) is 29.7 Å². The minimum Gasteiger partial charge on any atom is -0.492 e. The molecule has 0 spiro atoms. The van der Waals surface area contributed by atoms with E-state index in [9.17, 15) is 0 Å². The third kappa shape index (κ3) is 3.87. The van der Waals surface area contributed by atoms with E-state index in [0.717, 1.165) is 5.75 Å².